The molecule has 0 saturated carbocycles. The highest BCUT2D eigenvalue weighted by Crippen LogP contribution is 2.34. The molecule has 2 heterocycles. The van der Waals surface area contributed by atoms with Crippen LogP contribution in [-0.2, 0) is 16.6 Å². The summed E-state index contributed by atoms with van der Waals surface area (Å²) >= 11 is 0. The number of hydrogen-bond acceptors (Lipinski definition) is 6. The molecule has 8 heteroatoms. The van der Waals surface area contributed by atoms with Gasteiger partial charge in [0.15, 0.2) is 0 Å². The van der Waals surface area contributed by atoms with Gasteiger partial charge in [-0.3, -0.25) is 9.88 Å². The van der Waals surface area contributed by atoms with E-state index in [2.05, 4.69) is 28.6 Å². The molecule has 7 nitrogen and oxygen atoms in total. The van der Waals surface area contributed by atoms with Crippen LogP contribution in [0.5, 0.6) is 5.75 Å². The third-order valence-corrected chi connectivity index (χ3v) is 7.99. The average Bonchev–Trinajstić information content (AvgIpc) is 2.81. The van der Waals surface area contributed by atoms with E-state index in [1.54, 1.807) is 37.5 Å². The van der Waals surface area contributed by atoms with E-state index in [0.717, 1.165) is 30.5 Å². The number of fused-ring (bicyclic) bond motifs is 1. The van der Waals surface area contributed by atoms with Crippen LogP contribution in [0.25, 0.3) is 0 Å². The van der Waals surface area contributed by atoms with Gasteiger partial charge in [-0.2, -0.15) is 4.31 Å². The first-order valence-electron chi connectivity index (χ1n) is 11.8. The smallest absolute Gasteiger partial charge is 0.247 e. The molecule has 0 fully saturated rings. The molecule has 0 spiro atoms. The second kappa shape index (κ2) is 11.8. The predicted molar refractivity (Wildman–Crippen MR) is 133 cm³/mol. The number of hydrogen-bond donors (Lipinski definition) is 1. The van der Waals surface area contributed by atoms with Crippen LogP contribution in [0.2, 0.25) is 0 Å². The van der Waals surface area contributed by atoms with E-state index in [1.165, 1.54) is 4.31 Å². The van der Waals surface area contributed by atoms with Gasteiger partial charge in [-0.15, -0.1) is 0 Å². The maximum atomic E-state index is 13.5. The number of sulfonamides is 1. The SMILES string of the molecule is CCCC#Cc1ccc2c(c1)O[C@H](CN(C)Cc1ccncc1)[C@H](C)CN([C@H](C)CO)S2(=O)=O. The maximum Gasteiger partial charge on any atom is 0.247 e. The molecule has 1 aliphatic rings. The van der Waals surface area contributed by atoms with Crippen LogP contribution >= 0.6 is 0 Å². The molecule has 0 unspecified atom stereocenters. The largest absolute Gasteiger partial charge is 0.487 e. The second-order valence-corrected chi connectivity index (χ2v) is 10.9. The Bertz CT molecular complexity index is 1110. The van der Waals surface area contributed by atoms with Gasteiger partial charge in [-0.05, 0) is 56.3 Å². The van der Waals surface area contributed by atoms with Gasteiger partial charge in [0.1, 0.15) is 16.7 Å². The molecule has 0 saturated heterocycles. The van der Waals surface area contributed by atoms with Gasteiger partial charge in [0, 0.05) is 56.0 Å². The fourth-order valence-electron chi connectivity index (χ4n) is 3.98. The zero-order valence-corrected chi connectivity index (χ0v) is 21.3. The third kappa shape index (κ3) is 6.36. The first kappa shape index (κ1) is 26.2. The Morgan fingerprint density at radius 2 is 2.03 bits per heavy atom. The zero-order chi connectivity index (χ0) is 24.7. The Hall–Kier alpha value is -2.44. The number of aromatic nitrogens is 1. The number of ether oxygens (including phenoxy) is 1. The Kier molecular flexibility index (Phi) is 9.09. The number of benzene rings is 1. The highest BCUT2D eigenvalue weighted by molar-refractivity contribution is 7.89. The van der Waals surface area contributed by atoms with Crippen molar-refractivity contribution >= 4 is 10.0 Å². The number of aliphatic hydroxyl groups excluding tert-OH is 1. The van der Waals surface area contributed by atoms with Crippen molar-refractivity contribution in [1.82, 2.24) is 14.2 Å². The summed E-state index contributed by atoms with van der Waals surface area (Å²) < 4.78 is 34.9. The topological polar surface area (TPSA) is 83.0 Å². The van der Waals surface area contributed by atoms with E-state index in [1.807, 2.05) is 26.1 Å². The number of likely N-dealkylation sites (N-methyl/N-ethyl adjacent to an activating group) is 1. The van der Waals surface area contributed by atoms with Gasteiger partial charge in [0.25, 0.3) is 0 Å². The van der Waals surface area contributed by atoms with Crippen LogP contribution < -0.4 is 4.74 Å². The zero-order valence-electron chi connectivity index (χ0n) is 20.4. The summed E-state index contributed by atoms with van der Waals surface area (Å²) in [4.78, 5) is 6.35. The van der Waals surface area contributed by atoms with Gasteiger partial charge >= 0.3 is 0 Å². The van der Waals surface area contributed by atoms with Crippen LogP contribution in [0.1, 0.15) is 44.7 Å². The van der Waals surface area contributed by atoms with Crippen molar-refractivity contribution in [2.24, 2.45) is 5.92 Å². The number of pyridine rings is 1. The summed E-state index contributed by atoms with van der Waals surface area (Å²) in [7, 11) is -1.83. The Morgan fingerprint density at radius 1 is 1.29 bits per heavy atom. The fraction of sp³-hybridized carbons (Fsp3) is 0.500. The molecule has 0 amide bonds. The standard InChI is InChI=1S/C26H35N3O4S/c1-5-6-7-8-22-9-10-26-24(15-22)33-25(18-28(4)17-23-11-13-27-14-12-23)20(2)16-29(21(3)19-30)34(26,31)32/h9-15,20-21,25,30H,5-6,16-19H2,1-4H3/t20-,21-,25-/m1/s1. The molecule has 2 aromatic rings. The molecule has 0 bridgehead atoms. The molecule has 34 heavy (non-hydrogen) atoms. The number of aliphatic hydroxyl groups is 1. The minimum Gasteiger partial charge on any atom is -0.487 e. The van der Waals surface area contributed by atoms with Crippen molar-refractivity contribution in [3.63, 3.8) is 0 Å². The van der Waals surface area contributed by atoms with E-state index in [4.69, 9.17) is 4.74 Å². The van der Waals surface area contributed by atoms with E-state index in [9.17, 15) is 13.5 Å². The normalized spacial score (nSPS) is 20.9. The number of rotatable bonds is 7. The van der Waals surface area contributed by atoms with Crippen LogP contribution in [0.3, 0.4) is 0 Å². The molecular formula is C26H35N3O4S. The van der Waals surface area contributed by atoms with E-state index >= 15 is 0 Å². The van der Waals surface area contributed by atoms with Crippen LogP contribution in [0.15, 0.2) is 47.6 Å². The highest BCUT2D eigenvalue weighted by Gasteiger charge is 2.38. The fourth-order valence-corrected chi connectivity index (χ4v) is 5.81. The molecule has 1 aromatic carbocycles. The summed E-state index contributed by atoms with van der Waals surface area (Å²) in [6.45, 7) is 7.12. The summed E-state index contributed by atoms with van der Waals surface area (Å²) in [6, 6.07) is 8.44. The van der Waals surface area contributed by atoms with Crippen molar-refractivity contribution < 1.29 is 18.3 Å². The second-order valence-electron chi connectivity index (χ2n) is 9.01. The Morgan fingerprint density at radius 3 is 2.71 bits per heavy atom. The van der Waals surface area contributed by atoms with E-state index < -0.39 is 16.1 Å². The lowest BCUT2D eigenvalue weighted by Crippen LogP contribution is -2.49. The summed E-state index contributed by atoms with van der Waals surface area (Å²) in [5.41, 5.74) is 1.87. The van der Waals surface area contributed by atoms with E-state index in [0.29, 0.717) is 12.3 Å². The maximum absolute atomic E-state index is 13.5. The van der Waals surface area contributed by atoms with Gasteiger partial charge < -0.3 is 9.84 Å². The Balaban J connectivity index is 1.97. The first-order chi connectivity index (χ1) is 16.3. The van der Waals surface area contributed by atoms with Gasteiger partial charge in [-0.25, -0.2) is 8.42 Å². The third-order valence-electron chi connectivity index (χ3n) is 5.97. The lowest BCUT2D eigenvalue weighted by molar-refractivity contribution is 0.0733. The predicted octanol–water partition coefficient (Wildman–Crippen LogP) is 3.13. The van der Waals surface area contributed by atoms with E-state index in [-0.39, 0.29) is 30.1 Å². The molecule has 0 radical (unpaired) electrons. The molecule has 1 aliphatic heterocycles. The van der Waals surface area contributed by atoms with Crippen LogP contribution in [0, 0.1) is 17.8 Å². The Labute approximate surface area is 203 Å². The molecule has 3 atom stereocenters. The van der Waals surface area contributed by atoms with Gasteiger partial charge in [0.05, 0.1) is 6.61 Å². The summed E-state index contributed by atoms with van der Waals surface area (Å²) in [6.07, 6.45) is 5.02. The van der Waals surface area contributed by atoms with Crippen molar-refractivity contribution in [3.8, 4) is 17.6 Å². The van der Waals surface area contributed by atoms with Crippen molar-refractivity contribution in [2.45, 2.75) is 57.2 Å². The first-order valence-corrected chi connectivity index (χ1v) is 13.2. The van der Waals surface area contributed by atoms with Crippen LogP contribution in [0.4, 0.5) is 0 Å². The summed E-state index contributed by atoms with van der Waals surface area (Å²) in [5, 5.41) is 9.79. The lowest BCUT2D eigenvalue weighted by atomic mass is 10.0. The minimum absolute atomic E-state index is 0.105. The minimum atomic E-state index is -3.85. The summed E-state index contributed by atoms with van der Waals surface area (Å²) in [5.74, 6) is 6.43. The van der Waals surface area contributed by atoms with Gasteiger partial charge in [0.2, 0.25) is 10.0 Å². The van der Waals surface area contributed by atoms with Crippen molar-refractivity contribution in [2.75, 3.05) is 26.7 Å². The molecule has 1 N–H and O–H groups in total. The molecule has 3 rings (SSSR count). The lowest BCUT2D eigenvalue weighted by Gasteiger charge is -2.37. The van der Waals surface area contributed by atoms with Crippen molar-refractivity contribution in [1.29, 1.82) is 0 Å². The highest BCUT2D eigenvalue weighted by atomic mass is 32.2. The van der Waals surface area contributed by atoms with Gasteiger partial charge in [-0.1, -0.05) is 25.7 Å². The quantitative estimate of drug-likeness (QED) is 0.607. The number of unbranched alkanes of at least 4 members (excludes halogenated alkanes) is 1. The molecule has 0 aliphatic carbocycles. The molecule has 184 valence electrons. The number of nitrogens with zero attached hydrogens (tertiary/aromatic N) is 3. The van der Waals surface area contributed by atoms with Crippen molar-refractivity contribution in [3.05, 3.63) is 53.9 Å². The average molecular weight is 486 g/mol. The monoisotopic (exact) mass is 485 g/mol. The van der Waals surface area contributed by atoms with Crippen LogP contribution in [-0.4, -0.2) is 66.6 Å². The molecule has 1 aromatic heterocycles. The molecular weight excluding hydrogens is 450 g/mol.